The number of amides is 1. The summed E-state index contributed by atoms with van der Waals surface area (Å²) in [6.07, 6.45) is 4.66. The smallest absolute Gasteiger partial charge is 0.223 e. The van der Waals surface area contributed by atoms with E-state index in [1.54, 1.807) is 23.9 Å². The number of anilines is 1. The molecule has 3 rings (SSSR count). The van der Waals surface area contributed by atoms with Crippen LogP contribution in [0.2, 0.25) is 0 Å². The number of carbonyl (C=O) groups excluding carboxylic acids is 1. The van der Waals surface area contributed by atoms with Crippen molar-refractivity contribution in [3.05, 3.63) is 54.3 Å². The van der Waals surface area contributed by atoms with Gasteiger partial charge in [-0.3, -0.25) is 4.79 Å². The van der Waals surface area contributed by atoms with Crippen molar-refractivity contribution in [2.24, 2.45) is 0 Å². The molecule has 0 unspecified atom stereocenters. The Balaban J connectivity index is 1.39. The number of ether oxygens (including phenoxy) is 2. The molecule has 1 N–H and O–H groups in total. The van der Waals surface area contributed by atoms with E-state index in [1.807, 2.05) is 35.4 Å². The van der Waals surface area contributed by atoms with Crippen LogP contribution in [0.15, 0.2) is 48.5 Å². The van der Waals surface area contributed by atoms with Crippen LogP contribution in [0.3, 0.4) is 0 Å². The molecule has 2 aromatic rings. The first kappa shape index (κ1) is 21.5. The summed E-state index contributed by atoms with van der Waals surface area (Å²) in [6.45, 7) is 1.76. The standard InChI is InChI=1S/C22H27FN2O3S/c1-29-14-12-22(26)25-13-2-3-19(25)15-27-16-24-18-6-10-21(11-7-18)28-20-8-4-17(23)5-9-20/h4-11,19,24H,2-3,12-16H2,1H3/t19-/m0/s1. The lowest BCUT2D eigenvalue weighted by Gasteiger charge is -2.24. The van der Waals surface area contributed by atoms with Gasteiger partial charge in [0.2, 0.25) is 5.91 Å². The Morgan fingerprint density at radius 3 is 2.55 bits per heavy atom. The second-order valence-corrected chi connectivity index (χ2v) is 7.88. The maximum absolute atomic E-state index is 12.9. The van der Waals surface area contributed by atoms with E-state index in [0.29, 0.717) is 31.3 Å². The van der Waals surface area contributed by atoms with Gasteiger partial charge in [-0.15, -0.1) is 0 Å². The topological polar surface area (TPSA) is 50.8 Å². The van der Waals surface area contributed by atoms with E-state index >= 15 is 0 Å². The van der Waals surface area contributed by atoms with E-state index in [2.05, 4.69) is 5.32 Å². The molecule has 1 aliphatic rings. The SMILES string of the molecule is CSCCC(=O)N1CCC[C@H]1COCNc1ccc(Oc2ccc(F)cc2)cc1. The fourth-order valence-electron chi connectivity index (χ4n) is 3.28. The van der Waals surface area contributed by atoms with Crippen molar-refractivity contribution in [1.29, 1.82) is 0 Å². The summed E-state index contributed by atoms with van der Waals surface area (Å²) in [6, 6.07) is 13.6. The molecule has 0 spiro atoms. The van der Waals surface area contributed by atoms with Gasteiger partial charge in [0.25, 0.3) is 0 Å². The summed E-state index contributed by atoms with van der Waals surface area (Å²) in [4.78, 5) is 14.2. The first-order valence-corrected chi connectivity index (χ1v) is 11.2. The van der Waals surface area contributed by atoms with Crippen molar-refractivity contribution in [3.63, 3.8) is 0 Å². The average molecular weight is 419 g/mol. The Kier molecular flexibility index (Phi) is 8.19. The molecule has 0 aliphatic carbocycles. The first-order valence-electron chi connectivity index (χ1n) is 9.79. The zero-order chi connectivity index (χ0) is 20.5. The van der Waals surface area contributed by atoms with Crippen LogP contribution in [-0.2, 0) is 9.53 Å². The van der Waals surface area contributed by atoms with Crippen LogP contribution in [0.25, 0.3) is 0 Å². The Labute approximate surface area is 175 Å². The van der Waals surface area contributed by atoms with E-state index in [4.69, 9.17) is 9.47 Å². The Bertz CT molecular complexity index is 771. The number of halogens is 1. The molecule has 2 aromatic carbocycles. The lowest BCUT2D eigenvalue weighted by molar-refractivity contribution is -0.132. The Morgan fingerprint density at radius 2 is 1.86 bits per heavy atom. The van der Waals surface area contributed by atoms with E-state index in [9.17, 15) is 9.18 Å². The molecule has 0 aromatic heterocycles. The minimum absolute atomic E-state index is 0.178. The molecule has 1 saturated heterocycles. The third-order valence-electron chi connectivity index (χ3n) is 4.81. The summed E-state index contributed by atoms with van der Waals surface area (Å²) in [5, 5.41) is 3.21. The van der Waals surface area contributed by atoms with Crippen LogP contribution in [-0.4, -0.2) is 48.7 Å². The summed E-state index contributed by atoms with van der Waals surface area (Å²) in [7, 11) is 0. The van der Waals surface area contributed by atoms with Crippen LogP contribution in [0.5, 0.6) is 11.5 Å². The highest BCUT2D eigenvalue weighted by atomic mass is 32.2. The zero-order valence-corrected chi connectivity index (χ0v) is 17.4. The van der Waals surface area contributed by atoms with Gasteiger partial charge in [0.05, 0.1) is 12.6 Å². The van der Waals surface area contributed by atoms with Crippen LogP contribution < -0.4 is 10.1 Å². The predicted molar refractivity (Wildman–Crippen MR) is 115 cm³/mol. The van der Waals surface area contributed by atoms with Crippen molar-refractivity contribution in [2.45, 2.75) is 25.3 Å². The van der Waals surface area contributed by atoms with Gasteiger partial charge in [-0.1, -0.05) is 0 Å². The molecular weight excluding hydrogens is 391 g/mol. The Hall–Kier alpha value is -2.25. The maximum Gasteiger partial charge on any atom is 0.223 e. The number of hydrogen-bond donors (Lipinski definition) is 1. The number of carbonyl (C=O) groups is 1. The number of nitrogens with one attached hydrogen (secondary N) is 1. The van der Waals surface area contributed by atoms with Crippen molar-refractivity contribution in [2.75, 3.05) is 37.2 Å². The molecule has 1 aliphatic heterocycles. The van der Waals surface area contributed by atoms with Crippen molar-refractivity contribution < 1.29 is 18.7 Å². The van der Waals surface area contributed by atoms with Gasteiger partial charge in [0.1, 0.15) is 24.0 Å². The van der Waals surface area contributed by atoms with E-state index in [-0.39, 0.29) is 17.8 Å². The van der Waals surface area contributed by atoms with Gasteiger partial charge < -0.3 is 19.7 Å². The van der Waals surface area contributed by atoms with Gasteiger partial charge in [-0.2, -0.15) is 11.8 Å². The van der Waals surface area contributed by atoms with Crippen LogP contribution in [0, 0.1) is 5.82 Å². The van der Waals surface area contributed by atoms with Gasteiger partial charge in [0.15, 0.2) is 0 Å². The molecule has 1 fully saturated rings. The summed E-state index contributed by atoms with van der Waals surface area (Å²) < 4.78 is 24.4. The molecule has 1 atom stereocenters. The van der Waals surface area contributed by atoms with E-state index in [1.165, 1.54) is 12.1 Å². The molecule has 7 heteroatoms. The normalized spacial score (nSPS) is 16.1. The molecule has 0 radical (unpaired) electrons. The number of nitrogens with zero attached hydrogens (tertiary/aromatic N) is 1. The summed E-state index contributed by atoms with van der Waals surface area (Å²) >= 11 is 1.70. The number of hydrogen-bond acceptors (Lipinski definition) is 5. The van der Waals surface area contributed by atoms with Crippen molar-refractivity contribution in [1.82, 2.24) is 4.90 Å². The molecule has 0 saturated carbocycles. The molecule has 29 heavy (non-hydrogen) atoms. The monoisotopic (exact) mass is 418 g/mol. The fraction of sp³-hybridized carbons (Fsp3) is 0.409. The lowest BCUT2D eigenvalue weighted by Crippen LogP contribution is -2.38. The predicted octanol–water partition coefficient (Wildman–Crippen LogP) is 4.75. The van der Waals surface area contributed by atoms with Crippen LogP contribution in [0.1, 0.15) is 19.3 Å². The fourth-order valence-corrected chi connectivity index (χ4v) is 3.66. The van der Waals surface area contributed by atoms with E-state index in [0.717, 1.165) is 30.8 Å². The summed E-state index contributed by atoms with van der Waals surface area (Å²) in [5.41, 5.74) is 0.913. The second kappa shape index (κ2) is 11.1. The number of benzene rings is 2. The van der Waals surface area contributed by atoms with Gasteiger partial charge in [-0.05, 0) is 67.6 Å². The Morgan fingerprint density at radius 1 is 1.17 bits per heavy atom. The van der Waals surface area contributed by atoms with Gasteiger partial charge in [-0.25, -0.2) is 4.39 Å². The number of thioether (sulfide) groups is 1. The van der Waals surface area contributed by atoms with Crippen molar-refractivity contribution in [3.8, 4) is 11.5 Å². The molecular formula is C22H27FN2O3S. The van der Waals surface area contributed by atoms with Gasteiger partial charge >= 0.3 is 0 Å². The number of rotatable bonds is 10. The van der Waals surface area contributed by atoms with Crippen LogP contribution >= 0.6 is 11.8 Å². The van der Waals surface area contributed by atoms with Gasteiger partial charge in [0, 0.05) is 24.4 Å². The van der Waals surface area contributed by atoms with Crippen molar-refractivity contribution >= 4 is 23.4 Å². The molecule has 0 bridgehead atoms. The number of likely N-dealkylation sites (tertiary alicyclic amines) is 1. The van der Waals surface area contributed by atoms with E-state index < -0.39 is 0 Å². The lowest BCUT2D eigenvalue weighted by atomic mass is 10.2. The average Bonchev–Trinajstić information content (AvgIpc) is 3.21. The quantitative estimate of drug-likeness (QED) is 0.446. The van der Waals surface area contributed by atoms with Crippen LogP contribution in [0.4, 0.5) is 10.1 Å². The highest BCUT2D eigenvalue weighted by Gasteiger charge is 2.28. The maximum atomic E-state index is 12.9. The molecule has 1 amide bonds. The summed E-state index contributed by atoms with van der Waals surface area (Å²) in [5.74, 6) is 2.07. The second-order valence-electron chi connectivity index (χ2n) is 6.90. The molecule has 156 valence electrons. The molecule has 5 nitrogen and oxygen atoms in total. The minimum atomic E-state index is -0.290. The largest absolute Gasteiger partial charge is 0.457 e. The third-order valence-corrected chi connectivity index (χ3v) is 5.42. The minimum Gasteiger partial charge on any atom is -0.457 e. The highest BCUT2D eigenvalue weighted by Crippen LogP contribution is 2.23. The third kappa shape index (κ3) is 6.65. The zero-order valence-electron chi connectivity index (χ0n) is 16.6. The first-order chi connectivity index (χ1) is 14.2. The molecule has 1 heterocycles. The highest BCUT2D eigenvalue weighted by molar-refractivity contribution is 7.98.